The first kappa shape index (κ1) is 16.7. The van der Waals surface area contributed by atoms with Gasteiger partial charge in [-0.2, -0.15) is 0 Å². The van der Waals surface area contributed by atoms with Crippen molar-refractivity contribution in [3.8, 4) is 0 Å². The van der Waals surface area contributed by atoms with Crippen molar-refractivity contribution in [2.75, 3.05) is 43.7 Å². The summed E-state index contributed by atoms with van der Waals surface area (Å²) in [6.45, 7) is 0.870. The van der Waals surface area contributed by atoms with Gasteiger partial charge in [0.1, 0.15) is 0 Å². The van der Waals surface area contributed by atoms with Gasteiger partial charge in [0, 0.05) is 32.9 Å². The van der Waals surface area contributed by atoms with Crippen LogP contribution in [0.2, 0.25) is 0 Å². The molecule has 1 aromatic rings. The Morgan fingerprint density at radius 3 is 2.91 bits per heavy atom. The van der Waals surface area contributed by atoms with Gasteiger partial charge >= 0.3 is 0 Å². The number of nitrogens with zero attached hydrogens (tertiary/aromatic N) is 2. The lowest BCUT2D eigenvalue weighted by Gasteiger charge is -2.25. The van der Waals surface area contributed by atoms with Gasteiger partial charge in [0.2, 0.25) is 0 Å². The average Bonchev–Trinajstić information content (AvgIpc) is 2.87. The number of sulfone groups is 1. The predicted molar refractivity (Wildman–Crippen MR) is 83.9 cm³/mol. The Morgan fingerprint density at radius 1 is 1.50 bits per heavy atom. The van der Waals surface area contributed by atoms with Crippen molar-refractivity contribution in [3.05, 3.63) is 24.0 Å². The third kappa shape index (κ3) is 4.17. The lowest BCUT2D eigenvalue weighted by molar-refractivity contribution is 0.0936. The summed E-state index contributed by atoms with van der Waals surface area (Å²) in [5.74, 6) is 0.138. The van der Waals surface area contributed by atoms with Crippen molar-refractivity contribution in [1.82, 2.24) is 10.3 Å². The molecule has 1 unspecified atom stereocenters. The molecule has 1 atom stereocenters. The standard InChI is InChI=1S/C14H21N3O4S/c1-17(12-3-6-22(19,20)10-12)13-7-11(8-15-9-13)14(18)16-4-5-21-2/h7-9,12H,3-6,10H2,1-2H3,(H,16,18). The second-order valence-electron chi connectivity index (χ2n) is 5.35. The molecule has 1 aliphatic heterocycles. The SMILES string of the molecule is COCCNC(=O)c1cncc(N(C)C2CCS(=O)(=O)C2)c1. The Labute approximate surface area is 130 Å². The number of amides is 1. The summed E-state index contributed by atoms with van der Waals surface area (Å²) in [7, 11) is 0.452. The Kier molecular flexibility index (Phi) is 5.36. The molecule has 1 saturated heterocycles. The summed E-state index contributed by atoms with van der Waals surface area (Å²) in [5, 5.41) is 2.73. The number of hydrogen-bond donors (Lipinski definition) is 1. The van der Waals surface area contributed by atoms with E-state index in [0.29, 0.717) is 25.1 Å². The molecule has 0 saturated carbocycles. The summed E-state index contributed by atoms with van der Waals surface area (Å²) in [6, 6.07) is 1.65. The molecule has 0 aliphatic carbocycles. The first-order valence-electron chi connectivity index (χ1n) is 7.08. The van der Waals surface area contributed by atoms with Crippen molar-refractivity contribution in [1.29, 1.82) is 0 Å². The first-order chi connectivity index (χ1) is 10.4. The van der Waals surface area contributed by atoms with Gasteiger partial charge in [0.15, 0.2) is 9.84 Å². The third-order valence-corrected chi connectivity index (χ3v) is 5.49. The monoisotopic (exact) mass is 327 g/mol. The highest BCUT2D eigenvalue weighted by atomic mass is 32.2. The van der Waals surface area contributed by atoms with E-state index in [2.05, 4.69) is 10.3 Å². The summed E-state index contributed by atoms with van der Waals surface area (Å²) in [6.07, 6.45) is 3.73. The van der Waals surface area contributed by atoms with Crippen molar-refractivity contribution in [2.24, 2.45) is 0 Å². The van der Waals surface area contributed by atoms with Crippen LogP contribution in [0.1, 0.15) is 16.8 Å². The van der Waals surface area contributed by atoms with E-state index in [0.717, 1.165) is 5.69 Å². The fourth-order valence-electron chi connectivity index (χ4n) is 2.41. The van der Waals surface area contributed by atoms with E-state index < -0.39 is 9.84 Å². The molecular formula is C14H21N3O4S. The van der Waals surface area contributed by atoms with Crippen LogP contribution in [0.25, 0.3) is 0 Å². The van der Waals surface area contributed by atoms with Gasteiger partial charge in [-0.3, -0.25) is 9.78 Å². The molecule has 0 aromatic carbocycles. The molecule has 1 N–H and O–H groups in total. The molecule has 8 heteroatoms. The maximum Gasteiger partial charge on any atom is 0.253 e. The van der Waals surface area contributed by atoms with Crippen LogP contribution >= 0.6 is 0 Å². The van der Waals surface area contributed by atoms with Crippen LogP contribution < -0.4 is 10.2 Å². The van der Waals surface area contributed by atoms with Crippen LogP contribution in [0.5, 0.6) is 0 Å². The maximum atomic E-state index is 12.0. The van der Waals surface area contributed by atoms with Crippen molar-refractivity contribution in [2.45, 2.75) is 12.5 Å². The number of hydrogen-bond acceptors (Lipinski definition) is 6. The molecule has 1 amide bonds. The van der Waals surface area contributed by atoms with Gasteiger partial charge in [0.05, 0.1) is 35.6 Å². The molecule has 1 fully saturated rings. The summed E-state index contributed by atoms with van der Waals surface area (Å²) in [4.78, 5) is 18.0. The van der Waals surface area contributed by atoms with Gasteiger partial charge < -0.3 is 15.0 Å². The van der Waals surface area contributed by atoms with Crippen molar-refractivity contribution < 1.29 is 17.9 Å². The normalized spacial score (nSPS) is 19.8. The van der Waals surface area contributed by atoms with E-state index >= 15 is 0 Å². The number of rotatable bonds is 6. The number of carbonyl (C=O) groups excluding carboxylic acids is 1. The Balaban J connectivity index is 2.06. The number of aromatic nitrogens is 1. The zero-order valence-electron chi connectivity index (χ0n) is 12.8. The molecule has 2 heterocycles. The molecular weight excluding hydrogens is 306 g/mol. The lowest BCUT2D eigenvalue weighted by atomic mass is 10.2. The minimum Gasteiger partial charge on any atom is -0.383 e. The molecule has 22 heavy (non-hydrogen) atoms. The van der Waals surface area contributed by atoms with Crippen LogP contribution in [0.15, 0.2) is 18.5 Å². The molecule has 1 aromatic heterocycles. The number of anilines is 1. The van der Waals surface area contributed by atoms with Gasteiger partial charge in [0.25, 0.3) is 5.91 Å². The zero-order chi connectivity index (χ0) is 16.2. The fraction of sp³-hybridized carbons (Fsp3) is 0.571. The average molecular weight is 327 g/mol. The van der Waals surface area contributed by atoms with Crippen LogP contribution in [0.3, 0.4) is 0 Å². The Hall–Kier alpha value is -1.67. The molecule has 1 aliphatic rings. The highest BCUT2D eigenvalue weighted by Crippen LogP contribution is 2.22. The van der Waals surface area contributed by atoms with Gasteiger partial charge in [-0.25, -0.2) is 8.42 Å². The summed E-state index contributed by atoms with van der Waals surface area (Å²) >= 11 is 0. The lowest BCUT2D eigenvalue weighted by Crippen LogP contribution is -2.33. The molecule has 7 nitrogen and oxygen atoms in total. The third-order valence-electron chi connectivity index (χ3n) is 3.74. The number of methoxy groups -OCH3 is 1. The van der Waals surface area contributed by atoms with E-state index in [1.165, 1.54) is 6.20 Å². The predicted octanol–water partition coefficient (Wildman–Crippen LogP) is 0.0811. The molecule has 122 valence electrons. The van der Waals surface area contributed by atoms with Crippen LogP contribution in [0.4, 0.5) is 5.69 Å². The van der Waals surface area contributed by atoms with E-state index in [9.17, 15) is 13.2 Å². The minimum atomic E-state index is -2.95. The maximum absolute atomic E-state index is 12.0. The smallest absolute Gasteiger partial charge is 0.253 e. The highest BCUT2D eigenvalue weighted by molar-refractivity contribution is 7.91. The van der Waals surface area contributed by atoms with E-state index in [-0.39, 0.29) is 23.5 Å². The Bertz CT molecular complexity index is 633. The van der Waals surface area contributed by atoms with Crippen molar-refractivity contribution in [3.63, 3.8) is 0 Å². The number of nitrogens with one attached hydrogen (secondary N) is 1. The zero-order valence-corrected chi connectivity index (χ0v) is 13.6. The second kappa shape index (κ2) is 7.06. The minimum absolute atomic E-state index is 0.0707. The largest absolute Gasteiger partial charge is 0.383 e. The quantitative estimate of drug-likeness (QED) is 0.745. The van der Waals surface area contributed by atoms with Crippen molar-refractivity contribution >= 4 is 21.4 Å². The second-order valence-corrected chi connectivity index (χ2v) is 7.58. The van der Waals surface area contributed by atoms with Crippen LogP contribution in [-0.4, -0.2) is 64.2 Å². The topological polar surface area (TPSA) is 88.6 Å². The molecule has 0 radical (unpaired) electrons. The van der Waals surface area contributed by atoms with Crippen LogP contribution in [-0.2, 0) is 14.6 Å². The summed E-state index contributed by atoms with van der Waals surface area (Å²) in [5.41, 5.74) is 1.18. The number of carbonyl (C=O) groups is 1. The van der Waals surface area contributed by atoms with Gasteiger partial charge in [-0.05, 0) is 12.5 Å². The first-order valence-corrected chi connectivity index (χ1v) is 8.90. The number of pyridine rings is 1. The molecule has 0 bridgehead atoms. The fourth-order valence-corrected chi connectivity index (χ4v) is 4.18. The van der Waals surface area contributed by atoms with E-state index in [1.54, 1.807) is 19.4 Å². The van der Waals surface area contributed by atoms with E-state index in [1.807, 2.05) is 11.9 Å². The molecule has 0 spiro atoms. The Morgan fingerprint density at radius 2 is 2.27 bits per heavy atom. The van der Waals surface area contributed by atoms with Crippen LogP contribution in [0, 0.1) is 0 Å². The number of ether oxygens (including phenoxy) is 1. The van der Waals surface area contributed by atoms with Gasteiger partial charge in [-0.15, -0.1) is 0 Å². The highest BCUT2D eigenvalue weighted by Gasteiger charge is 2.31. The van der Waals surface area contributed by atoms with Gasteiger partial charge in [-0.1, -0.05) is 0 Å². The van der Waals surface area contributed by atoms with E-state index in [4.69, 9.17) is 4.74 Å². The summed E-state index contributed by atoms with van der Waals surface area (Å²) < 4.78 is 28.0. The molecule has 2 rings (SSSR count).